The summed E-state index contributed by atoms with van der Waals surface area (Å²) in [5.41, 5.74) is 0.164. The topological polar surface area (TPSA) is 74.2 Å². The Morgan fingerprint density at radius 1 is 1.32 bits per heavy atom. The van der Waals surface area contributed by atoms with Gasteiger partial charge in [0.15, 0.2) is 6.29 Å². The molecule has 2 fully saturated rings. The largest absolute Gasteiger partial charge is 0.459 e. The fourth-order valence-electron chi connectivity index (χ4n) is 5.36. The Morgan fingerprint density at radius 3 is 2.52 bits per heavy atom. The Balaban J connectivity index is 2.11. The number of ether oxygens (including phenoxy) is 4. The second-order valence-electron chi connectivity index (χ2n) is 8.29. The predicted molar refractivity (Wildman–Crippen MR) is 90.7 cm³/mol. The summed E-state index contributed by atoms with van der Waals surface area (Å²) in [7, 11) is 3.18. The molecule has 2 bridgehead atoms. The molecule has 3 rings (SSSR count). The van der Waals surface area contributed by atoms with Crippen LogP contribution in [0.3, 0.4) is 0 Å². The first-order valence-electron chi connectivity index (χ1n) is 8.94. The molecular formula is C19H30O6. The van der Waals surface area contributed by atoms with Gasteiger partial charge in [-0.15, -0.1) is 0 Å². The van der Waals surface area contributed by atoms with Crippen LogP contribution in [0.2, 0.25) is 0 Å². The van der Waals surface area contributed by atoms with E-state index >= 15 is 0 Å². The average molecular weight is 354 g/mol. The summed E-state index contributed by atoms with van der Waals surface area (Å²) >= 11 is 0. The van der Waals surface area contributed by atoms with Crippen LogP contribution >= 0.6 is 0 Å². The highest BCUT2D eigenvalue weighted by Crippen LogP contribution is 2.67. The number of hydrogen-bond donors (Lipinski definition) is 1. The van der Waals surface area contributed by atoms with Crippen LogP contribution in [-0.2, 0) is 23.7 Å². The standard InChI is InChI=1S/C19H30O6/c1-10-7-13(22-5)16(21)15-12-9-18(3,4)19(12,25-17(15)23-6)14(8-10)24-11(2)20/h7,12-17,21H,8-9H2,1-6H3/b10-7+/t12-,13-,14+,15+,16+,17-,19-/m1/s1. The van der Waals surface area contributed by atoms with E-state index in [9.17, 15) is 9.90 Å². The molecule has 142 valence electrons. The Labute approximate surface area is 149 Å². The number of hydrogen-bond acceptors (Lipinski definition) is 6. The number of aliphatic hydroxyl groups excluding tert-OH is 1. The van der Waals surface area contributed by atoms with Crippen LogP contribution in [0.5, 0.6) is 0 Å². The monoisotopic (exact) mass is 354 g/mol. The van der Waals surface area contributed by atoms with Crippen molar-refractivity contribution in [1.82, 2.24) is 0 Å². The Kier molecular flexibility index (Phi) is 4.77. The Morgan fingerprint density at radius 2 is 2.00 bits per heavy atom. The van der Waals surface area contributed by atoms with Gasteiger partial charge in [-0.25, -0.2) is 0 Å². The number of methoxy groups -OCH3 is 2. The number of esters is 1. The van der Waals surface area contributed by atoms with E-state index in [1.165, 1.54) is 6.92 Å². The van der Waals surface area contributed by atoms with Crippen molar-refractivity contribution >= 4 is 5.97 Å². The molecule has 6 nitrogen and oxygen atoms in total. The van der Waals surface area contributed by atoms with Crippen molar-refractivity contribution in [3.05, 3.63) is 11.6 Å². The molecule has 7 atom stereocenters. The fourth-order valence-corrected chi connectivity index (χ4v) is 5.36. The van der Waals surface area contributed by atoms with Gasteiger partial charge in [0.05, 0.1) is 6.10 Å². The average Bonchev–Trinajstić information content (AvgIpc) is 2.82. The zero-order valence-electron chi connectivity index (χ0n) is 15.9. The summed E-state index contributed by atoms with van der Waals surface area (Å²) in [4.78, 5) is 11.8. The van der Waals surface area contributed by atoms with Crippen molar-refractivity contribution < 1.29 is 28.8 Å². The van der Waals surface area contributed by atoms with Crippen LogP contribution in [-0.4, -0.2) is 55.5 Å². The van der Waals surface area contributed by atoms with Gasteiger partial charge in [-0.2, -0.15) is 0 Å². The second kappa shape index (κ2) is 6.34. The highest BCUT2D eigenvalue weighted by Gasteiger charge is 2.75. The minimum atomic E-state index is -0.746. The van der Waals surface area contributed by atoms with E-state index in [1.54, 1.807) is 14.2 Å². The molecule has 6 heteroatoms. The second-order valence-corrected chi connectivity index (χ2v) is 8.29. The van der Waals surface area contributed by atoms with Gasteiger partial charge in [0.2, 0.25) is 0 Å². The molecule has 1 heterocycles. The zero-order chi connectivity index (χ0) is 18.6. The van der Waals surface area contributed by atoms with E-state index < -0.39 is 30.2 Å². The van der Waals surface area contributed by atoms with E-state index in [0.717, 1.165) is 12.0 Å². The minimum Gasteiger partial charge on any atom is -0.459 e. The van der Waals surface area contributed by atoms with E-state index in [0.29, 0.717) is 6.42 Å². The highest BCUT2D eigenvalue weighted by atomic mass is 16.7. The molecule has 2 aliphatic carbocycles. The summed E-state index contributed by atoms with van der Waals surface area (Å²) in [5.74, 6) is -0.510. The first-order valence-corrected chi connectivity index (χ1v) is 8.94. The summed E-state index contributed by atoms with van der Waals surface area (Å²) in [6.45, 7) is 7.66. The maximum Gasteiger partial charge on any atom is 0.303 e. The van der Waals surface area contributed by atoms with Crippen LogP contribution < -0.4 is 0 Å². The van der Waals surface area contributed by atoms with Crippen LogP contribution in [0.25, 0.3) is 0 Å². The molecule has 1 aliphatic heterocycles. The molecule has 0 aromatic carbocycles. The van der Waals surface area contributed by atoms with Gasteiger partial charge in [0.25, 0.3) is 0 Å². The summed E-state index contributed by atoms with van der Waals surface area (Å²) in [5, 5.41) is 11.0. The smallest absolute Gasteiger partial charge is 0.303 e. The Bertz CT molecular complexity index is 570. The minimum absolute atomic E-state index is 0.0451. The predicted octanol–water partition coefficient (Wildman–Crippen LogP) is 2.05. The molecule has 0 amide bonds. The number of carbonyl (C=O) groups excluding carboxylic acids is 1. The SMILES string of the molecule is CO[C@@H]1O[C@@]23[C@@H](OC(C)=O)C/C(C)=C/[C@@H](OC)[C@H](O)[C@@H]1[C@H]2CC3(C)C. The van der Waals surface area contributed by atoms with Crippen molar-refractivity contribution in [1.29, 1.82) is 0 Å². The van der Waals surface area contributed by atoms with Crippen LogP contribution in [0.15, 0.2) is 11.6 Å². The first-order chi connectivity index (χ1) is 11.7. The van der Waals surface area contributed by atoms with E-state index in [4.69, 9.17) is 18.9 Å². The van der Waals surface area contributed by atoms with Crippen molar-refractivity contribution in [2.45, 2.75) is 70.7 Å². The number of carbonyl (C=O) groups is 1. The first kappa shape index (κ1) is 18.8. The normalized spacial score (nSPS) is 47.4. The van der Waals surface area contributed by atoms with Crippen LogP contribution in [0.4, 0.5) is 0 Å². The van der Waals surface area contributed by atoms with Crippen LogP contribution in [0.1, 0.15) is 40.5 Å². The van der Waals surface area contributed by atoms with Crippen molar-refractivity contribution in [2.75, 3.05) is 14.2 Å². The van der Waals surface area contributed by atoms with E-state index in [2.05, 4.69) is 13.8 Å². The van der Waals surface area contributed by atoms with Gasteiger partial charge >= 0.3 is 5.97 Å². The van der Waals surface area contributed by atoms with Gasteiger partial charge in [0.1, 0.15) is 17.8 Å². The maximum absolute atomic E-state index is 11.8. The van der Waals surface area contributed by atoms with Gasteiger partial charge in [-0.3, -0.25) is 4.79 Å². The lowest BCUT2D eigenvalue weighted by molar-refractivity contribution is -0.279. The molecule has 0 unspecified atom stereocenters. The molecule has 0 aromatic heterocycles. The van der Waals surface area contributed by atoms with E-state index in [-0.39, 0.29) is 23.2 Å². The lowest BCUT2D eigenvalue weighted by Gasteiger charge is -2.61. The number of rotatable bonds is 3. The molecular weight excluding hydrogens is 324 g/mol. The van der Waals surface area contributed by atoms with Gasteiger partial charge in [-0.05, 0) is 18.8 Å². The quantitative estimate of drug-likeness (QED) is 0.618. The molecule has 0 spiro atoms. The molecule has 0 radical (unpaired) electrons. The van der Waals surface area contributed by atoms with Crippen molar-refractivity contribution in [3.8, 4) is 0 Å². The van der Waals surface area contributed by atoms with Gasteiger partial charge < -0.3 is 24.1 Å². The van der Waals surface area contributed by atoms with Crippen molar-refractivity contribution in [2.24, 2.45) is 17.3 Å². The Hall–Kier alpha value is -0.950. The molecule has 1 saturated carbocycles. The molecule has 1 N–H and O–H groups in total. The maximum atomic E-state index is 11.8. The third kappa shape index (κ3) is 2.65. The van der Waals surface area contributed by atoms with Gasteiger partial charge in [-0.1, -0.05) is 25.5 Å². The lowest BCUT2D eigenvalue weighted by Crippen LogP contribution is -2.68. The summed E-state index contributed by atoms with van der Waals surface area (Å²) < 4.78 is 23.3. The third-order valence-corrected chi connectivity index (χ3v) is 6.41. The molecule has 3 aliphatic rings. The van der Waals surface area contributed by atoms with Crippen LogP contribution in [0, 0.1) is 17.3 Å². The highest BCUT2D eigenvalue weighted by molar-refractivity contribution is 5.66. The van der Waals surface area contributed by atoms with E-state index in [1.807, 2.05) is 13.0 Å². The van der Waals surface area contributed by atoms with Gasteiger partial charge in [0, 0.05) is 39.4 Å². The third-order valence-electron chi connectivity index (χ3n) is 6.41. The zero-order valence-corrected chi connectivity index (χ0v) is 15.9. The number of aliphatic hydroxyl groups is 1. The summed E-state index contributed by atoms with van der Waals surface area (Å²) in [6, 6.07) is 0. The lowest BCUT2D eigenvalue weighted by atomic mass is 9.47. The molecule has 1 saturated heterocycles. The van der Waals surface area contributed by atoms with Crippen molar-refractivity contribution in [3.63, 3.8) is 0 Å². The fraction of sp³-hybridized carbons (Fsp3) is 0.842. The summed E-state index contributed by atoms with van der Waals surface area (Å²) in [6.07, 6.45) is 1.20. The molecule has 25 heavy (non-hydrogen) atoms. The molecule has 0 aromatic rings.